The molecule has 0 aliphatic heterocycles. The summed E-state index contributed by atoms with van der Waals surface area (Å²) in [5, 5.41) is 3.77. The SMILES string of the molecule is Cc1nc(NC(=O)C(C)(C)C)nc2sc(Br)cc12. The molecule has 0 spiro atoms. The molecule has 2 rings (SSSR count). The Kier molecular flexibility index (Phi) is 3.42. The van der Waals surface area contributed by atoms with Crippen molar-refractivity contribution in [2.75, 3.05) is 5.32 Å². The molecule has 4 nitrogen and oxygen atoms in total. The van der Waals surface area contributed by atoms with Gasteiger partial charge < -0.3 is 0 Å². The summed E-state index contributed by atoms with van der Waals surface area (Å²) in [4.78, 5) is 21.4. The molecule has 18 heavy (non-hydrogen) atoms. The summed E-state index contributed by atoms with van der Waals surface area (Å²) in [6.45, 7) is 7.48. The number of carbonyl (C=O) groups excluding carboxylic acids is 1. The van der Waals surface area contributed by atoms with Crippen LogP contribution in [0.2, 0.25) is 0 Å². The summed E-state index contributed by atoms with van der Waals surface area (Å²) in [5.74, 6) is 0.283. The fraction of sp³-hybridized carbons (Fsp3) is 0.417. The highest BCUT2D eigenvalue weighted by molar-refractivity contribution is 9.11. The largest absolute Gasteiger partial charge is 0.294 e. The lowest BCUT2D eigenvalue weighted by atomic mass is 9.96. The van der Waals surface area contributed by atoms with Crippen molar-refractivity contribution >= 4 is 49.3 Å². The van der Waals surface area contributed by atoms with Crippen molar-refractivity contribution < 1.29 is 4.79 Å². The van der Waals surface area contributed by atoms with E-state index in [2.05, 4.69) is 31.2 Å². The van der Waals surface area contributed by atoms with Gasteiger partial charge in [0.25, 0.3) is 0 Å². The second kappa shape index (κ2) is 4.59. The molecule has 2 aromatic heterocycles. The van der Waals surface area contributed by atoms with E-state index in [0.717, 1.165) is 19.7 Å². The number of nitrogens with one attached hydrogen (secondary N) is 1. The topological polar surface area (TPSA) is 54.9 Å². The van der Waals surface area contributed by atoms with E-state index < -0.39 is 5.41 Å². The van der Waals surface area contributed by atoms with Gasteiger partial charge in [0.1, 0.15) is 4.83 Å². The number of carbonyl (C=O) groups is 1. The van der Waals surface area contributed by atoms with Gasteiger partial charge in [0.2, 0.25) is 11.9 Å². The molecule has 0 atom stereocenters. The van der Waals surface area contributed by atoms with Gasteiger partial charge in [-0.2, -0.15) is 0 Å². The number of aromatic nitrogens is 2. The third-order valence-corrected chi connectivity index (χ3v) is 3.99. The van der Waals surface area contributed by atoms with Crippen LogP contribution >= 0.6 is 27.3 Å². The predicted octanol–water partition coefficient (Wildman–Crippen LogP) is 3.75. The lowest BCUT2D eigenvalue weighted by molar-refractivity contribution is -0.123. The van der Waals surface area contributed by atoms with E-state index in [0.29, 0.717) is 5.95 Å². The van der Waals surface area contributed by atoms with Crippen LogP contribution < -0.4 is 5.32 Å². The van der Waals surface area contributed by atoms with Crippen molar-refractivity contribution in [2.24, 2.45) is 5.41 Å². The van der Waals surface area contributed by atoms with E-state index in [1.807, 2.05) is 33.8 Å². The van der Waals surface area contributed by atoms with Gasteiger partial charge >= 0.3 is 0 Å². The Balaban J connectivity index is 2.38. The number of nitrogens with zero attached hydrogens (tertiary/aromatic N) is 2. The minimum Gasteiger partial charge on any atom is -0.294 e. The summed E-state index contributed by atoms with van der Waals surface area (Å²) in [6, 6.07) is 1.99. The van der Waals surface area contributed by atoms with Gasteiger partial charge in [-0.3, -0.25) is 10.1 Å². The third kappa shape index (κ3) is 2.70. The number of fused-ring (bicyclic) bond motifs is 1. The van der Waals surface area contributed by atoms with Crippen LogP contribution in [0.25, 0.3) is 10.2 Å². The van der Waals surface area contributed by atoms with Gasteiger partial charge in [0.05, 0.1) is 9.48 Å². The number of aryl methyl sites for hydroxylation is 1. The Morgan fingerprint density at radius 3 is 2.67 bits per heavy atom. The molecule has 0 saturated carbocycles. The molecule has 0 aromatic carbocycles. The Labute approximate surface area is 118 Å². The fourth-order valence-electron chi connectivity index (χ4n) is 1.38. The lowest BCUT2D eigenvalue weighted by Gasteiger charge is -2.16. The summed E-state index contributed by atoms with van der Waals surface area (Å²) >= 11 is 4.96. The molecule has 1 amide bonds. The zero-order valence-electron chi connectivity index (χ0n) is 10.7. The van der Waals surface area contributed by atoms with Crippen LogP contribution in [0.15, 0.2) is 9.85 Å². The summed E-state index contributed by atoms with van der Waals surface area (Å²) in [5.41, 5.74) is 0.411. The normalized spacial score (nSPS) is 11.8. The number of hydrogen-bond donors (Lipinski definition) is 1. The fourth-order valence-corrected chi connectivity index (χ4v) is 2.88. The summed E-state index contributed by atoms with van der Waals surface area (Å²) in [6.07, 6.45) is 0. The van der Waals surface area contributed by atoms with Gasteiger partial charge in [-0.25, -0.2) is 9.97 Å². The number of halogens is 1. The smallest absolute Gasteiger partial charge is 0.232 e. The Hall–Kier alpha value is -1.01. The number of rotatable bonds is 1. The maximum Gasteiger partial charge on any atom is 0.232 e. The highest BCUT2D eigenvalue weighted by Crippen LogP contribution is 2.30. The molecular formula is C12H14BrN3OS. The van der Waals surface area contributed by atoms with Crippen LogP contribution in [0, 0.1) is 12.3 Å². The zero-order chi connectivity index (χ0) is 13.5. The molecule has 2 heterocycles. The Morgan fingerprint density at radius 2 is 2.06 bits per heavy atom. The van der Waals surface area contributed by atoms with E-state index in [1.165, 1.54) is 11.3 Å². The highest BCUT2D eigenvalue weighted by Gasteiger charge is 2.22. The first kappa shape index (κ1) is 13.4. The molecule has 2 aromatic rings. The molecule has 1 N–H and O–H groups in total. The van der Waals surface area contributed by atoms with Crippen molar-refractivity contribution in [1.29, 1.82) is 0 Å². The first-order valence-corrected chi connectivity index (χ1v) is 7.13. The average molecular weight is 328 g/mol. The second-order valence-electron chi connectivity index (χ2n) is 5.11. The van der Waals surface area contributed by atoms with E-state index in [1.54, 1.807) is 0 Å². The van der Waals surface area contributed by atoms with Crippen molar-refractivity contribution in [3.8, 4) is 0 Å². The van der Waals surface area contributed by atoms with E-state index >= 15 is 0 Å². The van der Waals surface area contributed by atoms with Crippen LogP contribution in [0.3, 0.4) is 0 Å². The number of hydrogen-bond acceptors (Lipinski definition) is 4. The van der Waals surface area contributed by atoms with Gasteiger partial charge in [0, 0.05) is 10.8 Å². The summed E-state index contributed by atoms with van der Waals surface area (Å²) < 4.78 is 1.01. The zero-order valence-corrected chi connectivity index (χ0v) is 13.1. The molecular weight excluding hydrogens is 314 g/mol. The van der Waals surface area contributed by atoms with Crippen LogP contribution in [0.4, 0.5) is 5.95 Å². The average Bonchev–Trinajstić information content (AvgIpc) is 2.57. The third-order valence-electron chi connectivity index (χ3n) is 2.46. The first-order chi connectivity index (χ1) is 8.27. The molecule has 6 heteroatoms. The monoisotopic (exact) mass is 327 g/mol. The first-order valence-electron chi connectivity index (χ1n) is 5.52. The minimum atomic E-state index is -0.456. The van der Waals surface area contributed by atoms with Crippen LogP contribution in [-0.4, -0.2) is 15.9 Å². The summed E-state index contributed by atoms with van der Waals surface area (Å²) in [7, 11) is 0. The van der Waals surface area contributed by atoms with Crippen LogP contribution in [0.1, 0.15) is 26.5 Å². The van der Waals surface area contributed by atoms with Crippen molar-refractivity contribution in [3.63, 3.8) is 0 Å². The van der Waals surface area contributed by atoms with Gasteiger partial charge in [0.15, 0.2) is 0 Å². The molecule has 0 fully saturated rings. The molecule has 0 radical (unpaired) electrons. The molecule has 0 saturated heterocycles. The Bertz CT molecular complexity index is 616. The molecule has 0 bridgehead atoms. The molecule has 0 aliphatic rings. The lowest BCUT2D eigenvalue weighted by Crippen LogP contribution is -2.28. The van der Waals surface area contributed by atoms with Gasteiger partial charge in [-0.1, -0.05) is 20.8 Å². The molecule has 0 unspecified atom stereocenters. The standard InChI is InChI=1S/C12H14BrN3OS/c1-6-7-5-8(13)18-9(7)15-11(14-6)16-10(17)12(2,3)4/h5H,1-4H3,(H,14,15,16,17). The quantitative estimate of drug-likeness (QED) is 0.867. The number of anilines is 1. The van der Waals surface area contributed by atoms with E-state index in [4.69, 9.17) is 0 Å². The predicted molar refractivity (Wildman–Crippen MR) is 77.9 cm³/mol. The number of thiophene rings is 1. The second-order valence-corrected chi connectivity index (χ2v) is 7.52. The maximum atomic E-state index is 11.9. The van der Waals surface area contributed by atoms with E-state index in [9.17, 15) is 4.79 Å². The van der Waals surface area contributed by atoms with E-state index in [-0.39, 0.29) is 5.91 Å². The van der Waals surface area contributed by atoms with Crippen LogP contribution in [-0.2, 0) is 4.79 Å². The minimum absolute atomic E-state index is 0.0862. The molecule has 96 valence electrons. The van der Waals surface area contributed by atoms with Crippen LogP contribution in [0.5, 0.6) is 0 Å². The Morgan fingerprint density at radius 1 is 1.39 bits per heavy atom. The number of amides is 1. The van der Waals surface area contributed by atoms with Crippen molar-refractivity contribution in [3.05, 3.63) is 15.5 Å². The van der Waals surface area contributed by atoms with Crippen molar-refractivity contribution in [1.82, 2.24) is 9.97 Å². The maximum absolute atomic E-state index is 11.9. The van der Waals surface area contributed by atoms with Gasteiger partial charge in [-0.05, 0) is 28.9 Å². The van der Waals surface area contributed by atoms with Gasteiger partial charge in [-0.15, -0.1) is 11.3 Å². The molecule has 0 aliphatic carbocycles. The van der Waals surface area contributed by atoms with Crippen molar-refractivity contribution in [2.45, 2.75) is 27.7 Å². The highest BCUT2D eigenvalue weighted by atomic mass is 79.9.